The quantitative estimate of drug-likeness (QED) is 0.775. The molecule has 1 atom stereocenters. The van der Waals surface area contributed by atoms with Gasteiger partial charge >= 0.3 is 0 Å². The van der Waals surface area contributed by atoms with Gasteiger partial charge in [0.15, 0.2) is 0 Å². The number of anilines is 1. The minimum absolute atomic E-state index is 0.246. The van der Waals surface area contributed by atoms with Gasteiger partial charge in [0.2, 0.25) is 5.89 Å². The van der Waals surface area contributed by atoms with Gasteiger partial charge in [0.05, 0.1) is 5.92 Å². The van der Waals surface area contributed by atoms with E-state index in [-0.39, 0.29) is 5.92 Å². The number of benzene rings is 1. The Morgan fingerprint density at radius 2 is 2.26 bits per heavy atom. The second-order valence-corrected chi connectivity index (χ2v) is 6.84. The van der Waals surface area contributed by atoms with Crippen molar-refractivity contribution < 1.29 is 4.42 Å². The van der Waals surface area contributed by atoms with Crippen molar-refractivity contribution >= 4 is 27.7 Å². The van der Waals surface area contributed by atoms with E-state index in [4.69, 9.17) is 9.40 Å². The average Bonchev–Trinajstić information content (AvgIpc) is 3.11. The predicted molar refractivity (Wildman–Crippen MR) is 96.3 cm³/mol. The van der Waals surface area contributed by atoms with Crippen molar-refractivity contribution in [2.45, 2.75) is 25.7 Å². The number of hydrogen-bond donors (Lipinski definition) is 1. The Balaban J connectivity index is 1.59. The summed E-state index contributed by atoms with van der Waals surface area (Å²) < 4.78 is 6.99. The Kier molecular flexibility index (Phi) is 3.69. The Bertz CT molecular complexity index is 845. The number of fused-ring (bicyclic) bond motifs is 1. The van der Waals surface area contributed by atoms with Gasteiger partial charge in [0.1, 0.15) is 11.5 Å². The van der Waals surface area contributed by atoms with Crippen LogP contribution in [0.3, 0.4) is 0 Å². The summed E-state index contributed by atoms with van der Waals surface area (Å²) in [5.41, 5.74) is 4.53. The van der Waals surface area contributed by atoms with Crippen molar-refractivity contribution in [2.75, 3.05) is 5.32 Å². The highest BCUT2D eigenvalue weighted by Gasteiger charge is 2.19. The van der Waals surface area contributed by atoms with Crippen LogP contribution in [0.4, 0.5) is 5.69 Å². The van der Waals surface area contributed by atoms with Gasteiger partial charge in [0.25, 0.3) is 0 Å². The zero-order valence-corrected chi connectivity index (χ0v) is 14.4. The van der Waals surface area contributed by atoms with Crippen molar-refractivity contribution in [3.63, 3.8) is 0 Å². The van der Waals surface area contributed by atoms with Crippen molar-refractivity contribution in [3.8, 4) is 0 Å². The third-order valence-corrected chi connectivity index (χ3v) is 4.69. The number of nitrogens with zero attached hydrogens (tertiary/aromatic N) is 1. The van der Waals surface area contributed by atoms with Gasteiger partial charge in [-0.1, -0.05) is 40.2 Å². The van der Waals surface area contributed by atoms with E-state index in [0.717, 1.165) is 40.4 Å². The van der Waals surface area contributed by atoms with Gasteiger partial charge in [0, 0.05) is 22.3 Å². The van der Waals surface area contributed by atoms with E-state index in [1.807, 2.05) is 6.92 Å². The van der Waals surface area contributed by atoms with E-state index in [0.29, 0.717) is 0 Å². The predicted octanol–water partition coefficient (Wildman–Crippen LogP) is 5.35. The summed E-state index contributed by atoms with van der Waals surface area (Å²) in [6.45, 7) is 1.98. The summed E-state index contributed by atoms with van der Waals surface area (Å²) in [6, 6.07) is 6.31. The number of nitrogens with one attached hydrogen (secondary N) is 1. The first kappa shape index (κ1) is 14.5. The van der Waals surface area contributed by atoms with Crippen molar-refractivity contribution in [1.82, 2.24) is 4.98 Å². The van der Waals surface area contributed by atoms with E-state index in [1.54, 1.807) is 0 Å². The Hall–Kier alpha value is -2.07. The van der Waals surface area contributed by atoms with Gasteiger partial charge in [-0.05, 0) is 43.2 Å². The molecule has 0 saturated heterocycles. The summed E-state index contributed by atoms with van der Waals surface area (Å²) in [7, 11) is 0. The summed E-state index contributed by atoms with van der Waals surface area (Å²) in [5.74, 6) is 1.91. The summed E-state index contributed by atoms with van der Waals surface area (Å²) in [4.78, 5) is 4.70. The van der Waals surface area contributed by atoms with Crippen LogP contribution in [0.5, 0.6) is 0 Å². The molecule has 0 bridgehead atoms. The Morgan fingerprint density at radius 1 is 1.35 bits per heavy atom. The van der Waals surface area contributed by atoms with Crippen LogP contribution in [0.15, 0.2) is 57.1 Å². The SMILES string of the molecule is Cc1oc(C2C=CC=CC2)nc1/C=C1\Cc2cc(Br)ccc2N1. The topological polar surface area (TPSA) is 38.1 Å². The highest BCUT2D eigenvalue weighted by molar-refractivity contribution is 9.10. The van der Waals surface area contributed by atoms with Crippen LogP contribution in [-0.4, -0.2) is 4.98 Å². The first-order valence-electron chi connectivity index (χ1n) is 7.76. The fraction of sp³-hybridized carbons (Fsp3) is 0.211. The molecule has 2 aliphatic rings. The lowest BCUT2D eigenvalue weighted by Gasteiger charge is -2.07. The van der Waals surface area contributed by atoms with Crippen LogP contribution in [-0.2, 0) is 6.42 Å². The highest BCUT2D eigenvalue weighted by Crippen LogP contribution is 2.32. The van der Waals surface area contributed by atoms with Gasteiger partial charge in [-0.15, -0.1) is 0 Å². The van der Waals surface area contributed by atoms with Crippen LogP contribution in [0, 0.1) is 6.92 Å². The normalized spacial score (nSPS) is 20.8. The molecular formula is C19H17BrN2O. The molecule has 1 aromatic carbocycles. The number of halogens is 1. The standard InChI is InChI=1S/C19H17BrN2O/c1-12-18(22-19(23-12)13-5-3-2-4-6-13)11-16-10-14-9-15(20)7-8-17(14)21-16/h2-5,7-9,11,13,21H,6,10H2,1H3/b16-11+. The number of oxazole rings is 1. The maximum atomic E-state index is 5.88. The molecule has 1 aliphatic heterocycles. The summed E-state index contributed by atoms with van der Waals surface area (Å²) in [6.07, 6.45) is 12.3. The minimum atomic E-state index is 0.246. The van der Waals surface area contributed by atoms with Crippen molar-refractivity contribution in [1.29, 1.82) is 0 Å². The Morgan fingerprint density at radius 3 is 3.09 bits per heavy atom. The third-order valence-electron chi connectivity index (χ3n) is 4.20. The molecule has 4 heteroatoms. The fourth-order valence-corrected chi connectivity index (χ4v) is 3.40. The van der Waals surface area contributed by atoms with E-state index < -0.39 is 0 Å². The molecule has 1 aromatic heterocycles. The molecule has 116 valence electrons. The summed E-state index contributed by atoms with van der Waals surface area (Å²) in [5, 5.41) is 3.46. The molecule has 0 saturated carbocycles. The maximum Gasteiger partial charge on any atom is 0.202 e. The number of aromatic nitrogens is 1. The lowest BCUT2D eigenvalue weighted by Crippen LogP contribution is -1.96. The zero-order chi connectivity index (χ0) is 15.8. The van der Waals surface area contributed by atoms with Crippen LogP contribution in [0.25, 0.3) is 6.08 Å². The number of rotatable bonds is 2. The highest BCUT2D eigenvalue weighted by atomic mass is 79.9. The summed E-state index contributed by atoms with van der Waals surface area (Å²) >= 11 is 3.52. The molecule has 0 fully saturated rings. The van der Waals surface area contributed by atoms with Crippen LogP contribution < -0.4 is 5.32 Å². The molecule has 3 nitrogen and oxygen atoms in total. The molecule has 1 aliphatic carbocycles. The average molecular weight is 369 g/mol. The van der Waals surface area contributed by atoms with E-state index >= 15 is 0 Å². The molecule has 0 radical (unpaired) electrons. The smallest absolute Gasteiger partial charge is 0.202 e. The van der Waals surface area contributed by atoms with E-state index in [1.165, 1.54) is 11.3 Å². The number of allylic oxidation sites excluding steroid dienone is 5. The van der Waals surface area contributed by atoms with Crippen LogP contribution in [0.1, 0.15) is 35.2 Å². The lowest BCUT2D eigenvalue weighted by molar-refractivity contribution is 0.453. The molecule has 23 heavy (non-hydrogen) atoms. The third kappa shape index (κ3) is 2.91. The lowest BCUT2D eigenvalue weighted by atomic mass is 10.0. The molecule has 1 unspecified atom stereocenters. The number of aryl methyl sites for hydroxylation is 1. The van der Waals surface area contributed by atoms with Crippen molar-refractivity contribution in [2.24, 2.45) is 0 Å². The zero-order valence-electron chi connectivity index (χ0n) is 12.8. The molecule has 0 spiro atoms. The number of hydrogen-bond acceptors (Lipinski definition) is 3. The molecule has 4 rings (SSSR count). The van der Waals surface area contributed by atoms with Crippen LogP contribution in [0.2, 0.25) is 0 Å². The van der Waals surface area contributed by atoms with E-state index in [9.17, 15) is 0 Å². The van der Waals surface area contributed by atoms with Gasteiger partial charge in [-0.25, -0.2) is 4.98 Å². The molecular weight excluding hydrogens is 352 g/mol. The minimum Gasteiger partial charge on any atom is -0.445 e. The van der Waals surface area contributed by atoms with E-state index in [2.05, 4.69) is 69.8 Å². The molecule has 0 amide bonds. The van der Waals surface area contributed by atoms with Crippen molar-refractivity contribution in [3.05, 3.63) is 75.6 Å². The van der Waals surface area contributed by atoms with Gasteiger partial charge in [-0.3, -0.25) is 0 Å². The second kappa shape index (κ2) is 5.85. The first-order chi connectivity index (χ1) is 11.2. The van der Waals surface area contributed by atoms with Gasteiger partial charge in [-0.2, -0.15) is 0 Å². The second-order valence-electron chi connectivity index (χ2n) is 5.92. The molecule has 2 heterocycles. The monoisotopic (exact) mass is 368 g/mol. The first-order valence-corrected chi connectivity index (χ1v) is 8.55. The fourth-order valence-electron chi connectivity index (χ4n) is 2.99. The molecule has 2 aromatic rings. The maximum absolute atomic E-state index is 5.88. The largest absolute Gasteiger partial charge is 0.445 e. The Labute approximate surface area is 143 Å². The van der Waals surface area contributed by atoms with Crippen LogP contribution >= 0.6 is 15.9 Å². The van der Waals surface area contributed by atoms with Gasteiger partial charge < -0.3 is 9.73 Å². The molecule has 1 N–H and O–H groups in total.